The molecule has 0 aliphatic rings. The minimum atomic E-state index is -2.86. The summed E-state index contributed by atoms with van der Waals surface area (Å²) in [6, 6.07) is 10.4. The van der Waals surface area contributed by atoms with Crippen LogP contribution in [0.4, 0.5) is 13.2 Å². The van der Waals surface area contributed by atoms with Crippen molar-refractivity contribution in [3.05, 3.63) is 58.3 Å². The zero-order chi connectivity index (χ0) is 18.2. The predicted octanol–water partition coefficient (Wildman–Crippen LogP) is 3.93. The van der Waals surface area contributed by atoms with Gasteiger partial charge in [0.1, 0.15) is 5.75 Å². The lowest BCUT2D eigenvalue weighted by Gasteiger charge is -2.09. The number of alkyl halides is 2. The van der Waals surface area contributed by atoms with E-state index in [0.717, 1.165) is 5.56 Å². The van der Waals surface area contributed by atoms with E-state index in [4.69, 9.17) is 4.74 Å². The number of hydrogen-bond acceptors (Lipinski definition) is 3. The van der Waals surface area contributed by atoms with Gasteiger partial charge in [0, 0.05) is 11.0 Å². The molecule has 0 aliphatic heterocycles. The number of amides is 1. The van der Waals surface area contributed by atoms with Gasteiger partial charge in [-0.05, 0) is 42.3 Å². The largest absolute Gasteiger partial charge is 0.481 e. The summed E-state index contributed by atoms with van der Waals surface area (Å²) in [6.45, 7) is -2.83. The lowest BCUT2D eigenvalue weighted by Crippen LogP contribution is -2.30. The first-order valence-electron chi connectivity index (χ1n) is 7.32. The maximum atomic E-state index is 13.5. The van der Waals surface area contributed by atoms with E-state index in [1.807, 2.05) is 0 Å². The molecular weight excluding hydrogens is 403 g/mol. The van der Waals surface area contributed by atoms with Crippen LogP contribution in [-0.2, 0) is 11.2 Å². The fraction of sp³-hybridized carbons (Fsp3) is 0.235. The molecule has 0 fully saturated rings. The van der Waals surface area contributed by atoms with Crippen molar-refractivity contribution in [2.45, 2.75) is 13.0 Å². The summed E-state index contributed by atoms with van der Waals surface area (Å²) in [5, 5.41) is 2.63. The van der Waals surface area contributed by atoms with Gasteiger partial charge in [-0.15, -0.1) is 0 Å². The highest BCUT2D eigenvalue weighted by Crippen LogP contribution is 2.21. The van der Waals surface area contributed by atoms with Gasteiger partial charge in [0.2, 0.25) is 0 Å². The Hall–Kier alpha value is -2.22. The van der Waals surface area contributed by atoms with Crippen molar-refractivity contribution in [2.75, 3.05) is 13.2 Å². The van der Waals surface area contributed by atoms with Gasteiger partial charge in [-0.25, -0.2) is 4.39 Å². The molecule has 0 aromatic heterocycles. The Morgan fingerprint density at radius 3 is 2.52 bits per heavy atom. The number of rotatable bonds is 8. The smallest absolute Gasteiger partial charge is 0.387 e. The molecule has 0 aliphatic carbocycles. The normalized spacial score (nSPS) is 10.6. The van der Waals surface area contributed by atoms with Gasteiger partial charge in [-0.1, -0.05) is 28.1 Å². The van der Waals surface area contributed by atoms with Crippen LogP contribution in [0.3, 0.4) is 0 Å². The Bertz CT molecular complexity index is 711. The second kappa shape index (κ2) is 9.31. The highest BCUT2D eigenvalue weighted by molar-refractivity contribution is 9.10. The van der Waals surface area contributed by atoms with E-state index in [0.29, 0.717) is 17.4 Å². The summed E-state index contributed by atoms with van der Waals surface area (Å²) in [5.41, 5.74) is 0.849. The number of nitrogens with one attached hydrogen (secondary N) is 1. The van der Waals surface area contributed by atoms with Crippen molar-refractivity contribution in [2.24, 2.45) is 0 Å². The molecule has 2 rings (SSSR count). The van der Waals surface area contributed by atoms with Crippen LogP contribution in [0, 0.1) is 5.82 Å². The maximum absolute atomic E-state index is 13.5. The number of benzene rings is 2. The summed E-state index contributed by atoms with van der Waals surface area (Å²) in [4.78, 5) is 11.7. The Labute approximate surface area is 151 Å². The van der Waals surface area contributed by atoms with Crippen LogP contribution in [-0.4, -0.2) is 25.7 Å². The molecule has 25 heavy (non-hydrogen) atoms. The molecule has 0 bridgehead atoms. The van der Waals surface area contributed by atoms with Crippen LogP contribution in [0.5, 0.6) is 11.5 Å². The third-order valence-corrected chi connectivity index (χ3v) is 3.63. The second-order valence-electron chi connectivity index (χ2n) is 4.99. The fourth-order valence-electron chi connectivity index (χ4n) is 1.97. The van der Waals surface area contributed by atoms with Crippen LogP contribution >= 0.6 is 15.9 Å². The lowest BCUT2D eigenvalue weighted by molar-refractivity contribution is -0.123. The third kappa shape index (κ3) is 6.66. The van der Waals surface area contributed by atoms with Crippen molar-refractivity contribution in [1.29, 1.82) is 0 Å². The molecule has 0 saturated carbocycles. The Morgan fingerprint density at radius 2 is 1.88 bits per heavy atom. The summed E-state index contributed by atoms with van der Waals surface area (Å²) in [6.07, 6.45) is 0.507. The van der Waals surface area contributed by atoms with Gasteiger partial charge in [-0.3, -0.25) is 4.79 Å². The van der Waals surface area contributed by atoms with Gasteiger partial charge >= 0.3 is 6.61 Å². The van der Waals surface area contributed by atoms with E-state index in [1.54, 1.807) is 18.2 Å². The fourth-order valence-corrected chi connectivity index (χ4v) is 2.30. The molecule has 2 aromatic carbocycles. The minimum Gasteiger partial charge on any atom is -0.481 e. The molecule has 0 heterocycles. The van der Waals surface area contributed by atoms with Crippen molar-refractivity contribution in [3.8, 4) is 11.5 Å². The van der Waals surface area contributed by atoms with Crippen molar-refractivity contribution >= 4 is 21.8 Å². The van der Waals surface area contributed by atoms with E-state index >= 15 is 0 Å². The molecule has 1 amide bonds. The topological polar surface area (TPSA) is 47.6 Å². The SMILES string of the molecule is O=C(COc1ccc(Br)cc1F)NCCc1ccc(OC(F)F)cc1. The van der Waals surface area contributed by atoms with Gasteiger partial charge < -0.3 is 14.8 Å². The first-order valence-corrected chi connectivity index (χ1v) is 8.11. The monoisotopic (exact) mass is 417 g/mol. The zero-order valence-corrected chi connectivity index (χ0v) is 14.6. The van der Waals surface area contributed by atoms with E-state index in [9.17, 15) is 18.0 Å². The summed E-state index contributed by atoms with van der Waals surface area (Å²) < 4.78 is 47.6. The standard InChI is InChI=1S/C17H15BrF3NO3/c18-12-3-6-15(14(19)9-12)24-10-16(23)22-8-7-11-1-4-13(5-2-11)25-17(20)21/h1-6,9,17H,7-8,10H2,(H,22,23). The first kappa shape index (κ1) is 19.1. The molecule has 0 unspecified atom stereocenters. The van der Waals surface area contributed by atoms with Gasteiger partial charge in [0.15, 0.2) is 18.2 Å². The van der Waals surface area contributed by atoms with Gasteiger partial charge in [0.05, 0.1) is 0 Å². The Morgan fingerprint density at radius 1 is 1.16 bits per heavy atom. The predicted molar refractivity (Wildman–Crippen MR) is 89.4 cm³/mol. The number of ether oxygens (including phenoxy) is 2. The maximum Gasteiger partial charge on any atom is 0.387 e. The zero-order valence-electron chi connectivity index (χ0n) is 13.0. The first-order chi connectivity index (χ1) is 11.9. The van der Waals surface area contributed by atoms with Crippen LogP contribution in [0.15, 0.2) is 46.9 Å². The second-order valence-corrected chi connectivity index (χ2v) is 5.90. The average Bonchev–Trinajstić information content (AvgIpc) is 2.55. The van der Waals surface area contributed by atoms with E-state index in [1.165, 1.54) is 24.3 Å². The highest BCUT2D eigenvalue weighted by atomic mass is 79.9. The van der Waals surface area contributed by atoms with Gasteiger partial charge in [0.25, 0.3) is 5.91 Å². The quantitative estimate of drug-likeness (QED) is 0.707. The molecule has 0 saturated heterocycles. The molecule has 4 nitrogen and oxygen atoms in total. The van der Waals surface area contributed by atoms with E-state index < -0.39 is 12.4 Å². The third-order valence-electron chi connectivity index (χ3n) is 3.14. The van der Waals surface area contributed by atoms with Gasteiger partial charge in [-0.2, -0.15) is 8.78 Å². The molecule has 0 atom stereocenters. The van der Waals surface area contributed by atoms with Crippen LogP contribution in [0.2, 0.25) is 0 Å². The molecular formula is C17H15BrF3NO3. The molecule has 0 spiro atoms. The minimum absolute atomic E-state index is 0.00651. The Kier molecular flexibility index (Phi) is 7.12. The summed E-state index contributed by atoms with van der Waals surface area (Å²) in [7, 11) is 0. The number of hydrogen-bond donors (Lipinski definition) is 1. The number of carbonyl (C=O) groups is 1. The van der Waals surface area contributed by atoms with Crippen molar-refractivity contribution < 1.29 is 27.4 Å². The molecule has 0 radical (unpaired) electrons. The molecule has 8 heteroatoms. The molecule has 2 aromatic rings. The average molecular weight is 418 g/mol. The number of carbonyl (C=O) groups excluding carboxylic acids is 1. The summed E-state index contributed by atoms with van der Waals surface area (Å²) in [5.74, 6) is -0.881. The van der Waals surface area contributed by atoms with Crippen molar-refractivity contribution in [1.82, 2.24) is 5.32 Å². The highest BCUT2D eigenvalue weighted by Gasteiger charge is 2.08. The van der Waals surface area contributed by atoms with Crippen LogP contribution < -0.4 is 14.8 Å². The lowest BCUT2D eigenvalue weighted by atomic mass is 10.1. The summed E-state index contributed by atoms with van der Waals surface area (Å²) >= 11 is 3.13. The van der Waals surface area contributed by atoms with Crippen LogP contribution in [0.25, 0.3) is 0 Å². The van der Waals surface area contributed by atoms with E-state index in [2.05, 4.69) is 26.0 Å². The van der Waals surface area contributed by atoms with Crippen LogP contribution in [0.1, 0.15) is 5.56 Å². The Balaban J connectivity index is 1.71. The van der Waals surface area contributed by atoms with E-state index in [-0.39, 0.29) is 24.0 Å². The molecule has 134 valence electrons. The van der Waals surface area contributed by atoms with Crippen molar-refractivity contribution in [3.63, 3.8) is 0 Å². The molecule has 1 N–H and O–H groups in total. The number of halogens is 4.